The van der Waals surface area contributed by atoms with Gasteiger partial charge in [-0.2, -0.15) is 0 Å². The van der Waals surface area contributed by atoms with Gasteiger partial charge in [0.25, 0.3) is 0 Å². The smallest absolute Gasteiger partial charge is 0.244 e. The van der Waals surface area contributed by atoms with Crippen LogP contribution in [0.2, 0.25) is 10.0 Å². The average Bonchev–Trinajstić information content (AvgIpc) is 2.45. The van der Waals surface area contributed by atoms with Crippen LogP contribution in [0.1, 0.15) is 13.8 Å². The molecule has 0 aliphatic carbocycles. The normalized spacial score (nSPS) is 16.8. The summed E-state index contributed by atoms with van der Waals surface area (Å²) >= 11 is 11.7. The van der Waals surface area contributed by atoms with Gasteiger partial charge in [0.05, 0.1) is 15.6 Å². The molecule has 0 atom stereocenters. The molecule has 3 N–H and O–H groups in total. The van der Waals surface area contributed by atoms with Crippen LogP contribution in [0.25, 0.3) is 0 Å². The molecule has 5 nitrogen and oxygen atoms in total. The molecule has 1 fully saturated rings. The topological polar surface area (TPSA) is 64.6 Å². The predicted octanol–water partition coefficient (Wildman–Crippen LogP) is 2.32. The van der Waals surface area contributed by atoms with E-state index in [4.69, 9.17) is 23.2 Å². The Morgan fingerprint density at radius 1 is 1.29 bits per heavy atom. The summed E-state index contributed by atoms with van der Waals surface area (Å²) in [5.41, 5.74) is -0.171. The number of anilines is 1. The Morgan fingerprint density at radius 2 is 1.81 bits per heavy atom. The number of nitrogens with zero attached hydrogens (tertiary/aromatic N) is 1. The average molecular weight is 332 g/mol. The third-order valence-electron chi connectivity index (χ3n) is 3.74. The van der Waals surface area contributed by atoms with Crippen LogP contribution in [0.4, 0.5) is 5.69 Å². The van der Waals surface area contributed by atoms with Gasteiger partial charge in [0, 0.05) is 31.9 Å². The lowest BCUT2D eigenvalue weighted by Gasteiger charge is -2.39. The first-order valence-electron chi connectivity index (χ1n) is 6.77. The monoisotopic (exact) mass is 331 g/mol. The molecule has 1 amide bonds. The number of hydrogen-bond acceptors (Lipinski definition) is 4. The zero-order chi connectivity index (χ0) is 15.6. The largest absolute Gasteiger partial charge is 0.505 e. The first-order valence-corrected chi connectivity index (χ1v) is 7.53. The summed E-state index contributed by atoms with van der Waals surface area (Å²) in [5, 5.41) is 15.8. The minimum Gasteiger partial charge on any atom is -0.505 e. The van der Waals surface area contributed by atoms with Crippen molar-refractivity contribution < 1.29 is 9.90 Å². The summed E-state index contributed by atoms with van der Waals surface area (Å²) in [5.74, 6) is -0.320. The van der Waals surface area contributed by atoms with Gasteiger partial charge in [0.1, 0.15) is 0 Å². The molecule has 1 saturated heterocycles. The van der Waals surface area contributed by atoms with Gasteiger partial charge in [-0.25, -0.2) is 0 Å². The second-order valence-corrected chi connectivity index (χ2v) is 6.35. The first-order chi connectivity index (χ1) is 9.82. The van der Waals surface area contributed by atoms with Gasteiger partial charge in [-0.15, -0.1) is 0 Å². The Kier molecular flexibility index (Phi) is 4.99. The van der Waals surface area contributed by atoms with E-state index >= 15 is 0 Å². The third kappa shape index (κ3) is 3.61. The molecule has 1 heterocycles. The molecule has 0 aromatic heterocycles. The van der Waals surface area contributed by atoms with Gasteiger partial charge in [-0.1, -0.05) is 23.2 Å². The SMILES string of the molecule is CC(C)(C(=O)Nc1cc(Cl)c(O)c(Cl)c1)N1CCNCC1. The minimum absolute atomic E-state index is 0.109. The third-order valence-corrected chi connectivity index (χ3v) is 4.31. The summed E-state index contributed by atoms with van der Waals surface area (Å²) in [4.78, 5) is 14.6. The number of halogens is 2. The number of carbonyl (C=O) groups is 1. The highest BCUT2D eigenvalue weighted by atomic mass is 35.5. The molecule has 0 radical (unpaired) electrons. The molecule has 0 spiro atoms. The van der Waals surface area contributed by atoms with Crippen LogP contribution in [-0.4, -0.2) is 47.6 Å². The second-order valence-electron chi connectivity index (χ2n) is 5.54. The number of amides is 1. The van der Waals surface area contributed by atoms with E-state index in [0.29, 0.717) is 5.69 Å². The number of hydrogen-bond donors (Lipinski definition) is 3. The fourth-order valence-electron chi connectivity index (χ4n) is 2.29. The molecule has 1 aliphatic heterocycles. The van der Waals surface area contributed by atoms with Gasteiger partial charge in [-0.05, 0) is 26.0 Å². The van der Waals surface area contributed by atoms with E-state index in [9.17, 15) is 9.90 Å². The maximum atomic E-state index is 12.5. The van der Waals surface area contributed by atoms with E-state index in [1.807, 2.05) is 13.8 Å². The van der Waals surface area contributed by atoms with Crippen LogP contribution in [0.3, 0.4) is 0 Å². The molecule has 116 valence electrons. The van der Waals surface area contributed by atoms with Crippen LogP contribution in [-0.2, 0) is 4.79 Å². The summed E-state index contributed by atoms with van der Waals surface area (Å²) in [6, 6.07) is 2.96. The van der Waals surface area contributed by atoms with Crippen molar-refractivity contribution >= 4 is 34.8 Å². The number of phenolic OH excluding ortho intramolecular Hbond substituents is 1. The summed E-state index contributed by atoms with van der Waals surface area (Å²) in [6.45, 7) is 7.14. The second kappa shape index (κ2) is 6.40. The van der Waals surface area contributed by atoms with Crippen molar-refractivity contribution in [2.45, 2.75) is 19.4 Å². The molecule has 7 heteroatoms. The van der Waals surface area contributed by atoms with Gasteiger partial charge >= 0.3 is 0 Å². The Hall–Kier alpha value is -1.01. The minimum atomic E-state index is -0.640. The van der Waals surface area contributed by atoms with Crippen molar-refractivity contribution in [3.63, 3.8) is 0 Å². The van der Waals surface area contributed by atoms with E-state index in [-0.39, 0.29) is 21.7 Å². The number of piperazine rings is 1. The molecule has 0 bridgehead atoms. The quantitative estimate of drug-likeness (QED) is 0.744. The molecule has 1 aromatic carbocycles. The summed E-state index contributed by atoms with van der Waals surface area (Å²) < 4.78 is 0. The lowest BCUT2D eigenvalue weighted by Crippen LogP contribution is -2.58. The molecule has 0 saturated carbocycles. The van der Waals surface area contributed by atoms with E-state index in [1.165, 1.54) is 12.1 Å². The van der Waals surface area contributed by atoms with Crippen molar-refractivity contribution in [3.8, 4) is 5.75 Å². The van der Waals surface area contributed by atoms with Gasteiger partial charge in [0.15, 0.2) is 5.75 Å². The Bertz CT molecular complexity index is 520. The van der Waals surface area contributed by atoms with Crippen LogP contribution >= 0.6 is 23.2 Å². The van der Waals surface area contributed by atoms with E-state index in [2.05, 4.69) is 15.5 Å². The van der Waals surface area contributed by atoms with Crippen LogP contribution < -0.4 is 10.6 Å². The highest BCUT2D eigenvalue weighted by Crippen LogP contribution is 2.35. The number of rotatable bonds is 3. The standard InChI is InChI=1S/C14H19Cl2N3O2/c1-14(2,19-5-3-17-4-6-19)13(21)18-9-7-10(15)12(20)11(16)8-9/h7-8,17,20H,3-6H2,1-2H3,(H,18,21). The Morgan fingerprint density at radius 3 is 2.33 bits per heavy atom. The fraction of sp³-hybridized carbons (Fsp3) is 0.500. The van der Waals surface area contributed by atoms with Crippen molar-refractivity contribution in [2.24, 2.45) is 0 Å². The van der Waals surface area contributed by atoms with Crippen molar-refractivity contribution in [2.75, 3.05) is 31.5 Å². The maximum Gasteiger partial charge on any atom is 0.244 e. The maximum absolute atomic E-state index is 12.5. The molecule has 2 rings (SSSR count). The van der Waals surface area contributed by atoms with E-state index in [0.717, 1.165) is 26.2 Å². The lowest BCUT2D eigenvalue weighted by atomic mass is 10.0. The summed E-state index contributed by atoms with van der Waals surface area (Å²) in [6.07, 6.45) is 0. The lowest BCUT2D eigenvalue weighted by molar-refractivity contribution is -0.126. The zero-order valence-corrected chi connectivity index (χ0v) is 13.6. The van der Waals surface area contributed by atoms with Gasteiger partial charge in [-0.3, -0.25) is 9.69 Å². The fourth-order valence-corrected chi connectivity index (χ4v) is 2.78. The molecule has 1 aliphatic rings. The molecular formula is C14H19Cl2N3O2. The number of benzene rings is 1. The number of nitrogens with one attached hydrogen (secondary N) is 2. The number of carbonyl (C=O) groups excluding carboxylic acids is 1. The van der Waals surface area contributed by atoms with E-state index < -0.39 is 5.54 Å². The van der Waals surface area contributed by atoms with Crippen molar-refractivity contribution in [3.05, 3.63) is 22.2 Å². The molecule has 1 aromatic rings. The van der Waals surface area contributed by atoms with E-state index in [1.54, 1.807) is 0 Å². The van der Waals surface area contributed by atoms with Crippen LogP contribution in [0.5, 0.6) is 5.75 Å². The zero-order valence-electron chi connectivity index (χ0n) is 12.0. The molecule has 0 unspecified atom stereocenters. The van der Waals surface area contributed by atoms with Crippen molar-refractivity contribution in [1.29, 1.82) is 0 Å². The Labute approximate surface area is 134 Å². The molecule has 21 heavy (non-hydrogen) atoms. The number of phenols is 1. The van der Waals surface area contributed by atoms with Gasteiger partial charge < -0.3 is 15.7 Å². The van der Waals surface area contributed by atoms with Crippen LogP contribution in [0.15, 0.2) is 12.1 Å². The first kappa shape index (κ1) is 16.4. The van der Waals surface area contributed by atoms with Crippen LogP contribution in [0, 0.1) is 0 Å². The van der Waals surface area contributed by atoms with Gasteiger partial charge in [0.2, 0.25) is 5.91 Å². The number of aromatic hydroxyl groups is 1. The Balaban J connectivity index is 2.13. The van der Waals surface area contributed by atoms with Crippen molar-refractivity contribution in [1.82, 2.24) is 10.2 Å². The highest BCUT2D eigenvalue weighted by molar-refractivity contribution is 6.37. The summed E-state index contributed by atoms with van der Waals surface area (Å²) in [7, 11) is 0. The highest BCUT2D eigenvalue weighted by Gasteiger charge is 2.35. The predicted molar refractivity (Wildman–Crippen MR) is 85.3 cm³/mol. The molecular weight excluding hydrogens is 313 g/mol.